The Morgan fingerprint density at radius 1 is 1.06 bits per heavy atom. The van der Waals surface area contributed by atoms with E-state index in [-0.39, 0.29) is 18.4 Å². The Kier molecular flexibility index (Phi) is 7.59. The zero-order valence-corrected chi connectivity index (χ0v) is 18.2. The van der Waals surface area contributed by atoms with Crippen molar-refractivity contribution in [3.05, 3.63) is 59.4 Å². The number of halogens is 1. The molecule has 1 atom stereocenters. The standard InChI is InChI=1S/C23H29FN4O3/c1-16-4-9-21(31-3)19(14-16)26-23(30)22(29)25-15-20(17-5-7-18(24)8-6-17)28-12-10-27(2)11-13-28/h4-9,14,20H,10-13,15H2,1-3H3,(H,25,29)(H,26,30)/t20-/m1/s1. The molecule has 1 aliphatic rings. The summed E-state index contributed by atoms with van der Waals surface area (Å²) < 4.78 is 18.7. The molecule has 1 saturated heterocycles. The van der Waals surface area contributed by atoms with Gasteiger partial charge in [0.25, 0.3) is 0 Å². The molecule has 2 aromatic carbocycles. The van der Waals surface area contributed by atoms with Crippen molar-refractivity contribution in [3.63, 3.8) is 0 Å². The van der Waals surface area contributed by atoms with E-state index >= 15 is 0 Å². The molecule has 3 rings (SSSR count). The Bertz CT molecular complexity index is 912. The predicted molar refractivity (Wildman–Crippen MR) is 118 cm³/mol. The van der Waals surface area contributed by atoms with Crippen molar-refractivity contribution >= 4 is 17.5 Å². The summed E-state index contributed by atoms with van der Waals surface area (Å²) in [6.07, 6.45) is 0. The van der Waals surface area contributed by atoms with Crippen molar-refractivity contribution in [1.82, 2.24) is 15.1 Å². The summed E-state index contributed by atoms with van der Waals surface area (Å²) >= 11 is 0. The SMILES string of the molecule is COc1ccc(C)cc1NC(=O)C(=O)NC[C@H](c1ccc(F)cc1)N1CCN(C)CC1. The molecule has 0 unspecified atom stereocenters. The van der Waals surface area contributed by atoms with E-state index in [0.717, 1.165) is 37.3 Å². The number of likely N-dealkylation sites (N-methyl/N-ethyl adjacent to an activating group) is 1. The van der Waals surface area contributed by atoms with E-state index in [1.54, 1.807) is 24.3 Å². The van der Waals surface area contributed by atoms with Gasteiger partial charge in [0.05, 0.1) is 18.8 Å². The zero-order valence-electron chi connectivity index (χ0n) is 18.2. The highest BCUT2D eigenvalue weighted by atomic mass is 19.1. The number of methoxy groups -OCH3 is 1. The minimum atomic E-state index is -0.764. The third-order valence-electron chi connectivity index (χ3n) is 5.50. The molecule has 1 fully saturated rings. The van der Waals surface area contributed by atoms with Gasteiger partial charge in [-0.2, -0.15) is 0 Å². The maximum absolute atomic E-state index is 13.4. The van der Waals surface area contributed by atoms with Crippen LogP contribution in [0.4, 0.5) is 10.1 Å². The number of amides is 2. The van der Waals surface area contributed by atoms with Crippen LogP contribution in [-0.4, -0.2) is 68.5 Å². The van der Waals surface area contributed by atoms with Gasteiger partial charge in [-0.05, 0) is 49.4 Å². The third-order valence-corrected chi connectivity index (χ3v) is 5.50. The van der Waals surface area contributed by atoms with Gasteiger partial charge in [0.1, 0.15) is 11.6 Å². The third kappa shape index (κ3) is 6.02. The highest BCUT2D eigenvalue weighted by Gasteiger charge is 2.26. The molecular weight excluding hydrogens is 399 g/mol. The largest absolute Gasteiger partial charge is 0.495 e. The summed E-state index contributed by atoms with van der Waals surface area (Å²) in [5.41, 5.74) is 2.27. The van der Waals surface area contributed by atoms with Crippen LogP contribution in [0.5, 0.6) is 5.75 Å². The number of carbonyl (C=O) groups is 2. The van der Waals surface area contributed by atoms with Crippen molar-refractivity contribution in [2.24, 2.45) is 0 Å². The lowest BCUT2D eigenvalue weighted by atomic mass is 10.0. The van der Waals surface area contributed by atoms with Crippen molar-refractivity contribution in [2.45, 2.75) is 13.0 Å². The molecule has 0 spiro atoms. The molecule has 0 aromatic heterocycles. The van der Waals surface area contributed by atoms with Crippen LogP contribution in [0.2, 0.25) is 0 Å². The highest BCUT2D eigenvalue weighted by Crippen LogP contribution is 2.25. The Morgan fingerprint density at radius 3 is 2.39 bits per heavy atom. The number of ether oxygens (including phenoxy) is 1. The molecule has 0 radical (unpaired) electrons. The fraction of sp³-hybridized carbons (Fsp3) is 0.391. The molecule has 1 aliphatic heterocycles. The fourth-order valence-corrected chi connectivity index (χ4v) is 3.64. The molecular formula is C23H29FN4O3. The van der Waals surface area contributed by atoms with Gasteiger partial charge in [-0.3, -0.25) is 14.5 Å². The van der Waals surface area contributed by atoms with Gasteiger partial charge in [-0.15, -0.1) is 0 Å². The number of nitrogens with one attached hydrogen (secondary N) is 2. The van der Waals surface area contributed by atoms with Crippen LogP contribution in [0.3, 0.4) is 0 Å². The number of hydrogen-bond donors (Lipinski definition) is 2. The average Bonchev–Trinajstić information content (AvgIpc) is 2.76. The first kappa shape index (κ1) is 22.7. The summed E-state index contributed by atoms with van der Waals surface area (Å²) in [6, 6.07) is 11.5. The molecule has 166 valence electrons. The van der Waals surface area contributed by atoms with Crippen LogP contribution in [0.15, 0.2) is 42.5 Å². The van der Waals surface area contributed by atoms with E-state index in [1.807, 2.05) is 13.0 Å². The lowest BCUT2D eigenvalue weighted by molar-refractivity contribution is -0.136. The number of benzene rings is 2. The van der Waals surface area contributed by atoms with Gasteiger partial charge in [0.2, 0.25) is 0 Å². The Hall–Kier alpha value is -2.97. The van der Waals surface area contributed by atoms with Gasteiger partial charge in [0.15, 0.2) is 0 Å². The molecule has 31 heavy (non-hydrogen) atoms. The van der Waals surface area contributed by atoms with E-state index in [4.69, 9.17) is 4.74 Å². The summed E-state index contributed by atoms with van der Waals surface area (Å²) in [7, 11) is 3.57. The summed E-state index contributed by atoms with van der Waals surface area (Å²) in [5, 5.41) is 5.35. The maximum atomic E-state index is 13.4. The van der Waals surface area contributed by atoms with Crippen LogP contribution >= 0.6 is 0 Å². The van der Waals surface area contributed by atoms with E-state index < -0.39 is 11.8 Å². The van der Waals surface area contributed by atoms with Gasteiger partial charge >= 0.3 is 11.8 Å². The topological polar surface area (TPSA) is 73.9 Å². The first-order valence-corrected chi connectivity index (χ1v) is 10.3. The quantitative estimate of drug-likeness (QED) is 0.690. The number of piperazine rings is 1. The Morgan fingerprint density at radius 2 is 1.74 bits per heavy atom. The van der Waals surface area contributed by atoms with E-state index in [0.29, 0.717) is 11.4 Å². The predicted octanol–water partition coefficient (Wildman–Crippen LogP) is 2.19. The first-order chi connectivity index (χ1) is 14.9. The zero-order chi connectivity index (χ0) is 22.4. The molecule has 7 nitrogen and oxygen atoms in total. The number of carbonyl (C=O) groups excluding carboxylic acids is 2. The summed E-state index contributed by atoms with van der Waals surface area (Å²) in [6.45, 7) is 5.58. The second-order valence-corrected chi connectivity index (χ2v) is 7.77. The van der Waals surface area contributed by atoms with Crippen LogP contribution in [0.25, 0.3) is 0 Å². The molecule has 0 aliphatic carbocycles. The number of nitrogens with zero attached hydrogens (tertiary/aromatic N) is 2. The van der Waals surface area contributed by atoms with Crippen molar-refractivity contribution in [3.8, 4) is 5.75 Å². The number of aryl methyl sites for hydroxylation is 1. The molecule has 1 heterocycles. The summed E-state index contributed by atoms with van der Waals surface area (Å²) in [4.78, 5) is 29.4. The van der Waals surface area contributed by atoms with Crippen LogP contribution in [0.1, 0.15) is 17.2 Å². The number of anilines is 1. The van der Waals surface area contributed by atoms with Crippen LogP contribution in [-0.2, 0) is 9.59 Å². The highest BCUT2D eigenvalue weighted by molar-refractivity contribution is 6.39. The minimum Gasteiger partial charge on any atom is -0.495 e. The Balaban J connectivity index is 1.67. The van der Waals surface area contributed by atoms with Crippen LogP contribution < -0.4 is 15.4 Å². The molecule has 2 N–H and O–H groups in total. The second kappa shape index (κ2) is 10.4. The van der Waals surface area contributed by atoms with Gasteiger partial charge in [0, 0.05) is 32.7 Å². The van der Waals surface area contributed by atoms with E-state index in [2.05, 4.69) is 27.5 Å². The van der Waals surface area contributed by atoms with Gasteiger partial charge in [-0.25, -0.2) is 4.39 Å². The smallest absolute Gasteiger partial charge is 0.313 e. The van der Waals surface area contributed by atoms with Gasteiger partial charge in [-0.1, -0.05) is 18.2 Å². The monoisotopic (exact) mass is 428 g/mol. The van der Waals surface area contributed by atoms with Crippen LogP contribution in [0, 0.1) is 12.7 Å². The van der Waals surface area contributed by atoms with Crippen molar-refractivity contribution < 1.29 is 18.7 Å². The molecule has 8 heteroatoms. The number of rotatable bonds is 6. The van der Waals surface area contributed by atoms with Crippen molar-refractivity contribution in [2.75, 3.05) is 52.2 Å². The minimum absolute atomic E-state index is 0.153. The second-order valence-electron chi connectivity index (χ2n) is 7.77. The fourth-order valence-electron chi connectivity index (χ4n) is 3.64. The van der Waals surface area contributed by atoms with Gasteiger partial charge < -0.3 is 20.3 Å². The molecule has 0 bridgehead atoms. The molecule has 2 aromatic rings. The van der Waals surface area contributed by atoms with Crippen molar-refractivity contribution in [1.29, 1.82) is 0 Å². The lowest BCUT2D eigenvalue weighted by Gasteiger charge is -2.38. The first-order valence-electron chi connectivity index (χ1n) is 10.3. The normalized spacial score (nSPS) is 15.9. The number of hydrogen-bond acceptors (Lipinski definition) is 5. The summed E-state index contributed by atoms with van der Waals surface area (Å²) in [5.74, 6) is -1.32. The van der Waals surface area contributed by atoms with E-state index in [9.17, 15) is 14.0 Å². The lowest BCUT2D eigenvalue weighted by Crippen LogP contribution is -2.49. The maximum Gasteiger partial charge on any atom is 0.313 e. The Labute approximate surface area is 182 Å². The van der Waals surface area contributed by atoms with E-state index in [1.165, 1.54) is 19.2 Å². The molecule has 0 saturated carbocycles. The molecule has 2 amide bonds. The average molecular weight is 429 g/mol.